The molecule has 0 radical (unpaired) electrons. The Morgan fingerprint density at radius 2 is 2.14 bits per heavy atom. The molecule has 0 saturated carbocycles. The van der Waals surface area contributed by atoms with Gasteiger partial charge in [-0.2, -0.15) is 5.26 Å². The van der Waals surface area contributed by atoms with Gasteiger partial charge in [-0.1, -0.05) is 20.8 Å². The highest BCUT2D eigenvalue weighted by Gasteiger charge is 2.22. The van der Waals surface area contributed by atoms with Crippen molar-refractivity contribution in [1.82, 2.24) is 0 Å². The molecular formula is C15H18BrFN2O2. The van der Waals surface area contributed by atoms with E-state index in [-0.39, 0.29) is 27.6 Å². The third-order valence-electron chi connectivity index (χ3n) is 2.84. The van der Waals surface area contributed by atoms with E-state index >= 15 is 0 Å². The lowest BCUT2D eigenvalue weighted by molar-refractivity contribution is -0.137. The zero-order chi connectivity index (χ0) is 16.2. The number of nitrogens with zero attached hydrogens (tertiary/aromatic N) is 1. The molecule has 0 aliphatic rings. The molecule has 114 valence electrons. The summed E-state index contributed by atoms with van der Waals surface area (Å²) >= 11 is 3.04. The van der Waals surface area contributed by atoms with Gasteiger partial charge < -0.3 is 10.4 Å². The van der Waals surface area contributed by atoms with Gasteiger partial charge in [-0.15, -0.1) is 0 Å². The third-order valence-corrected chi connectivity index (χ3v) is 3.62. The minimum Gasteiger partial charge on any atom is -0.481 e. The topological polar surface area (TPSA) is 73.1 Å². The Labute approximate surface area is 132 Å². The number of aliphatic carboxylic acids is 1. The van der Waals surface area contributed by atoms with E-state index < -0.39 is 17.8 Å². The first-order valence-corrected chi connectivity index (χ1v) is 7.30. The highest BCUT2D eigenvalue weighted by Crippen LogP contribution is 2.29. The first kappa shape index (κ1) is 17.4. The average molecular weight is 357 g/mol. The molecule has 1 aromatic carbocycles. The van der Waals surface area contributed by atoms with E-state index in [0.717, 1.165) is 0 Å². The van der Waals surface area contributed by atoms with Crippen molar-refractivity contribution >= 4 is 27.6 Å². The van der Waals surface area contributed by atoms with Gasteiger partial charge in [0.1, 0.15) is 6.07 Å². The van der Waals surface area contributed by atoms with Gasteiger partial charge in [0.25, 0.3) is 0 Å². The summed E-state index contributed by atoms with van der Waals surface area (Å²) in [6, 6.07) is 4.43. The molecule has 0 fully saturated rings. The second-order valence-electron chi connectivity index (χ2n) is 6.10. The van der Waals surface area contributed by atoms with Gasteiger partial charge in [-0.05, 0) is 39.9 Å². The first-order valence-electron chi connectivity index (χ1n) is 6.50. The maximum Gasteiger partial charge on any atom is 0.305 e. The van der Waals surface area contributed by atoms with Gasteiger partial charge in [-0.3, -0.25) is 4.79 Å². The monoisotopic (exact) mass is 356 g/mol. The number of carbonyl (C=O) groups is 1. The van der Waals surface area contributed by atoms with Gasteiger partial charge in [0.15, 0.2) is 5.82 Å². The SMILES string of the molecule is CC(C)(C)CC(CC(=O)O)Nc1ccc(C#N)c(Br)c1F. The summed E-state index contributed by atoms with van der Waals surface area (Å²) in [4.78, 5) is 11.0. The largest absolute Gasteiger partial charge is 0.481 e. The molecule has 0 amide bonds. The quantitative estimate of drug-likeness (QED) is 0.830. The van der Waals surface area contributed by atoms with E-state index in [0.29, 0.717) is 6.42 Å². The fourth-order valence-electron chi connectivity index (χ4n) is 2.09. The van der Waals surface area contributed by atoms with Gasteiger partial charge in [0.05, 0.1) is 22.1 Å². The Bertz CT molecular complexity index is 576. The van der Waals surface area contributed by atoms with Crippen molar-refractivity contribution in [2.24, 2.45) is 5.41 Å². The predicted molar refractivity (Wildman–Crippen MR) is 82.6 cm³/mol. The van der Waals surface area contributed by atoms with Crippen LogP contribution in [0.1, 0.15) is 39.2 Å². The van der Waals surface area contributed by atoms with Crippen molar-refractivity contribution in [2.75, 3.05) is 5.32 Å². The van der Waals surface area contributed by atoms with E-state index in [9.17, 15) is 9.18 Å². The molecule has 4 nitrogen and oxygen atoms in total. The summed E-state index contributed by atoms with van der Waals surface area (Å²) in [5.41, 5.74) is 0.299. The van der Waals surface area contributed by atoms with Crippen molar-refractivity contribution in [3.8, 4) is 6.07 Å². The lowest BCUT2D eigenvalue weighted by atomic mass is 9.87. The van der Waals surface area contributed by atoms with Crippen LogP contribution >= 0.6 is 15.9 Å². The van der Waals surface area contributed by atoms with Gasteiger partial charge in [-0.25, -0.2) is 4.39 Å². The molecule has 0 spiro atoms. The van der Waals surface area contributed by atoms with Crippen LogP contribution in [0, 0.1) is 22.6 Å². The fourth-order valence-corrected chi connectivity index (χ4v) is 2.53. The van der Waals surface area contributed by atoms with Crippen LogP contribution < -0.4 is 5.32 Å². The summed E-state index contributed by atoms with van der Waals surface area (Å²) in [6.45, 7) is 5.98. The number of hydrogen-bond donors (Lipinski definition) is 2. The number of nitrogens with one attached hydrogen (secondary N) is 1. The van der Waals surface area contributed by atoms with Crippen molar-refractivity contribution in [3.05, 3.63) is 28.0 Å². The zero-order valence-electron chi connectivity index (χ0n) is 12.2. The predicted octanol–water partition coefficient (Wildman–Crippen LogP) is 4.15. The lowest BCUT2D eigenvalue weighted by Gasteiger charge is -2.27. The second-order valence-corrected chi connectivity index (χ2v) is 6.90. The Kier molecular flexibility index (Phi) is 5.73. The molecule has 6 heteroatoms. The summed E-state index contributed by atoms with van der Waals surface area (Å²) in [5.74, 6) is -1.52. The summed E-state index contributed by atoms with van der Waals surface area (Å²) in [6.07, 6.45) is 0.477. The van der Waals surface area contributed by atoms with Crippen LogP contribution in [0.15, 0.2) is 16.6 Å². The average Bonchev–Trinajstić information content (AvgIpc) is 2.32. The minimum absolute atomic E-state index is 0.0832. The molecular weight excluding hydrogens is 339 g/mol. The standard InChI is InChI=1S/C15H18BrFN2O2/c1-15(2,3)7-10(6-12(20)21)19-11-5-4-9(8-18)13(16)14(11)17/h4-5,10,19H,6-7H2,1-3H3,(H,20,21). The number of nitriles is 1. The van der Waals surface area contributed by atoms with Crippen LogP contribution in [0.2, 0.25) is 0 Å². The molecule has 1 unspecified atom stereocenters. The number of carboxylic acids is 1. The number of hydrogen-bond acceptors (Lipinski definition) is 3. The van der Waals surface area contributed by atoms with Crippen LogP contribution in [0.25, 0.3) is 0 Å². The molecule has 0 heterocycles. The number of benzene rings is 1. The van der Waals surface area contributed by atoms with Gasteiger partial charge in [0, 0.05) is 6.04 Å². The number of halogens is 2. The minimum atomic E-state index is -0.940. The van der Waals surface area contributed by atoms with Gasteiger partial charge in [0.2, 0.25) is 0 Å². The van der Waals surface area contributed by atoms with Crippen LogP contribution in [-0.2, 0) is 4.79 Å². The lowest BCUT2D eigenvalue weighted by Crippen LogP contribution is -2.28. The smallest absolute Gasteiger partial charge is 0.305 e. The Morgan fingerprint density at radius 3 is 2.62 bits per heavy atom. The molecule has 2 N–H and O–H groups in total. The Morgan fingerprint density at radius 1 is 1.52 bits per heavy atom. The van der Waals surface area contributed by atoms with Crippen molar-refractivity contribution in [1.29, 1.82) is 5.26 Å². The molecule has 1 rings (SSSR count). The summed E-state index contributed by atoms with van der Waals surface area (Å²) < 4.78 is 14.3. The van der Waals surface area contributed by atoms with E-state index in [2.05, 4.69) is 21.2 Å². The van der Waals surface area contributed by atoms with E-state index in [1.807, 2.05) is 26.8 Å². The van der Waals surface area contributed by atoms with Gasteiger partial charge >= 0.3 is 5.97 Å². The molecule has 1 atom stereocenters. The molecule has 21 heavy (non-hydrogen) atoms. The maximum absolute atomic E-state index is 14.2. The van der Waals surface area contributed by atoms with Crippen LogP contribution in [0.4, 0.5) is 10.1 Å². The molecule has 1 aromatic rings. The molecule has 0 bridgehead atoms. The van der Waals surface area contributed by atoms with Crippen molar-refractivity contribution in [2.45, 2.75) is 39.7 Å². The highest BCUT2D eigenvalue weighted by molar-refractivity contribution is 9.10. The number of rotatable bonds is 5. The second kappa shape index (κ2) is 6.90. The van der Waals surface area contributed by atoms with Crippen molar-refractivity contribution in [3.63, 3.8) is 0 Å². The molecule has 0 aromatic heterocycles. The first-order chi connectivity index (χ1) is 9.64. The van der Waals surface area contributed by atoms with Crippen LogP contribution in [0.3, 0.4) is 0 Å². The number of carboxylic acid groups (broad SMARTS) is 1. The maximum atomic E-state index is 14.2. The third kappa shape index (κ3) is 5.35. The Hall–Kier alpha value is -1.61. The van der Waals surface area contributed by atoms with Crippen LogP contribution in [0.5, 0.6) is 0 Å². The molecule has 0 aliphatic carbocycles. The summed E-state index contributed by atoms with van der Waals surface area (Å²) in [5, 5.41) is 20.8. The van der Waals surface area contributed by atoms with E-state index in [1.54, 1.807) is 0 Å². The zero-order valence-corrected chi connectivity index (χ0v) is 13.8. The van der Waals surface area contributed by atoms with E-state index in [4.69, 9.17) is 10.4 Å². The summed E-state index contributed by atoms with van der Waals surface area (Å²) in [7, 11) is 0. The molecule has 0 aliphatic heterocycles. The van der Waals surface area contributed by atoms with Crippen LogP contribution in [-0.4, -0.2) is 17.1 Å². The normalized spacial score (nSPS) is 12.6. The van der Waals surface area contributed by atoms with Crippen molar-refractivity contribution < 1.29 is 14.3 Å². The highest BCUT2D eigenvalue weighted by atomic mass is 79.9. The fraction of sp³-hybridized carbons (Fsp3) is 0.467. The molecule has 0 saturated heterocycles. The number of anilines is 1. The van der Waals surface area contributed by atoms with E-state index in [1.165, 1.54) is 12.1 Å². The Balaban J connectivity index is 3.01.